The summed E-state index contributed by atoms with van der Waals surface area (Å²) in [5.41, 5.74) is 3.34. The van der Waals surface area contributed by atoms with Crippen LogP contribution in [0.15, 0.2) is 77.6 Å². The maximum atomic E-state index is 14.1. The third-order valence-electron chi connectivity index (χ3n) is 7.30. The summed E-state index contributed by atoms with van der Waals surface area (Å²) in [5.74, 6) is -0.0944. The van der Waals surface area contributed by atoms with Crippen LogP contribution in [-0.4, -0.2) is 39.4 Å². The van der Waals surface area contributed by atoms with Crippen molar-refractivity contribution in [2.24, 2.45) is 0 Å². The van der Waals surface area contributed by atoms with E-state index in [0.717, 1.165) is 5.56 Å². The highest BCUT2D eigenvalue weighted by Gasteiger charge is 2.32. The lowest BCUT2D eigenvalue weighted by molar-refractivity contribution is 0.0653. The fourth-order valence-corrected chi connectivity index (χ4v) is 5.28. The van der Waals surface area contributed by atoms with E-state index in [1.807, 2.05) is 44.2 Å². The van der Waals surface area contributed by atoms with Crippen LogP contribution in [0, 0.1) is 0 Å². The number of hydrogen-bond donors (Lipinski definition) is 2. The molecule has 8 nitrogen and oxygen atoms in total. The quantitative estimate of drug-likeness (QED) is 0.302. The number of carbonyl (C=O) groups excluding carboxylic acids is 2. The predicted molar refractivity (Wildman–Crippen MR) is 161 cm³/mol. The first-order valence-electron chi connectivity index (χ1n) is 13.2. The molecule has 4 aromatic rings. The third-order valence-corrected chi connectivity index (χ3v) is 8.04. The van der Waals surface area contributed by atoms with Crippen LogP contribution >= 0.6 is 23.2 Å². The zero-order chi connectivity index (χ0) is 29.3. The molecule has 2 N–H and O–H groups in total. The molecule has 210 valence electrons. The fraction of sp³-hybridized carbons (Fsp3) is 0.226. The van der Waals surface area contributed by atoms with Gasteiger partial charge in [0.1, 0.15) is 0 Å². The summed E-state index contributed by atoms with van der Waals surface area (Å²) in [5, 5.41) is 6.68. The molecule has 0 aliphatic carbocycles. The van der Waals surface area contributed by atoms with Gasteiger partial charge in [0.2, 0.25) is 5.95 Å². The molecule has 1 aliphatic heterocycles. The average molecular weight is 591 g/mol. The summed E-state index contributed by atoms with van der Waals surface area (Å²) in [6.07, 6.45) is 0.332. The largest absolute Gasteiger partial charge is 0.355 e. The summed E-state index contributed by atoms with van der Waals surface area (Å²) >= 11 is 12.2. The minimum Gasteiger partial charge on any atom is -0.355 e. The summed E-state index contributed by atoms with van der Waals surface area (Å²) in [6, 6.07) is 21.0. The highest BCUT2D eigenvalue weighted by atomic mass is 35.5. The van der Waals surface area contributed by atoms with Crippen molar-refractivity contribution in [3.05, 3.63) is 121 Å². The Bertz CT molecular complexity index is 1670. The number of halogens is 2. The van der Waals surface area contributed by atoms with Crippen LogP contribution in [0.25, 0.3) is 5.69 Å². The van der Waals surface area contributed by atoms with Crippen LogP contribution in [-0.2, 0) is 13.0 Å². The van der Waals surface area contributed by atoms with Gasteiger partial charge in [0.15, 0.2) is 0 Å². The molecular formula is C31H29Cl2N5O3. The van der Waals surface area contributed by atoms with Gasteiger partial charge in [-0.2, -0.15) is 0 Å². The second kappa shape index (κ2) is 11.8. The molecule has 5 rings (SSSR count). The lowest BCUT2D eigenvalue weighted by Crippen LogP contribution is -2.46. The van der Waals surface area contributed by atoms with Gasteiger partial charge < -0.3 is 15.5 Å². The zero-order valence-electron chi connectivity index (χ0n) is 22.8. The third kappa shape index (κ3) is 5.71. The second-order valence-electron chi connectivity index (χ2n) is 10.0. The number of fused-ring (bicyclic) bond motifs is 1. The lowest BCUT2D eigenvalue weighted by Gasteiger charge is -2.35. The Hall–Kier alpha value is -4.14. The van der Waals surface area contributed by atoms with E-state index in [2.05, 4.69) is 10.6 Å². The molecule has 10 heteroatoms. The van der Waals surface area contributed by atoms with Crippen LogP contribution in [0.1, 0.15) is 57.4 Å². The average Bonchev–Trinajstić information content (AvgIpc) is 2.98. The van der Waals surface area contributed by atoms with Gasteiger partial charge in [0.25, 0.3) is 17.4 Å². The molecule has 0 fully saturated rings. The number of nitrogens with one attached hydrogen (secondary N) is 2. The van der Waals surface area contributed by atoms with E-state index >= 15 is 0 Å². The van der Waals surface area contributed by atoms with E-state index in [0.29, 0.717) is 50.5 Å². The van der Waals surface area contributed by atoms with Gasteiger partial charge in [0, 0.05) is 29.8 Å². The van der Waals surface area contributed by atoms with Crippen molar-refractivity contribution in [3.8, 4) is 5.69 Å². The summed E-state index contributed by atoms with van der Waals surface area (Å²) in [4.78, 5) is 46.3. The van der Waals surface area contributed by atoms with E-state index in [-0.39, 0.29) is 36.0 Å². The molecule has 3 aromatic carbocycles. The fourth-order valence-electron chi connectivity index (χ4n) is 4.99. The Morgan fingerprint density at radius 1 is 0.976 bits per heavy atom. The summed E-state index contributed by atoms with van der Waals surface area (Å²) in [7, 11) is 1.57. The first-order valence-corrected chi connectivity index (χ1v) is 14.0. The number of anilines is 1. The number of amides is 2. The number of nitrogens with zero attached hydrogens (tertiary/aromatic N) is 3. The van der Waals surface area contributed by atoms with Gasteiger partial charge in [-0.15, -0.1) is 0 Å². The Labute approximate surface area is 247 Å². The van der Waals surface area contributed by atoms with E-state index in [1.165, 1.54) is 4.57 Å². The SMILES string of the molecule is CNC(=O)c1ccc(-n2c(N[C@@H](C)c3ccccc3)nc3c(c2=O)C[C@@H](C)N(C(=O)c2ccc(Cl)c(Cl)c2)C3)cc1. The normalized spacial score (nSPS) is 15.1. The molecule has 41 heavy (non-hydrogen) atoms. The van der Waals surface area contributed by atoms with Crippen molar-refractivity contribution >= 4 is 41.0 Å². The monoisotopic (exact) mass is 589 g/mol. The van der Waals surface area contributed by atoms with Crippen LogP contribution in [0.5, 0.6) is 0 Å². The van der Waals surface area contributed by atoms with Crippen molar-refractivity contribution in [1.29, 1.82) is 0 Å². The molecule has 0 saturated heterocycles. The van der Waals surface area contributed by atoms with Gasteiger partial charge in [-0.25, -0.2) is 9.55 Å². The van der Waals surface area contributed by atoms with E-state index in [4.69, 9.17) is 28.2 Å². The Morgan fingerprint density at radius 2 is 1.66 bits per heavy atom. The lowest BCUT2D eigenvalue weighted by atomic mass is 9.98. The van der Waals surface area contributed by atoms with Gasteiger partial charge in [-0.1, -0.05) is 53.5 Å². The molecule has 1 aromatic heterocycles. The van der Waals surface area contributed by atoms with E-state index in [1.54, 1.807) is 54.4 Å². The maximum absolute atomic E-state index is 14.1. The molecule has 0 spiro atoms. The molecule has 2 amide bonds. The minimum atomic E-state index is -0.259. The molecule has 2 heterocycles. The van der Waals surface area contributed by atoms with Crippen LogP contribution in [0.2, 0.25) is 10.0 Å². The second-order valence-corrected chi connectivity index (χ2v) is 10.8. The predicted octanol–water partition coefficient (Wildman–Crippen LogP) is 5.66. The molecule has 1 aliphatic rings. The van der Waals surface area contributed by atoms with Crippen LogP contribution in [0.4, 0.5) is 5.95 Å². The van der Waals surface area contributed by atoms with E-state index < -0.39 is 0 Å². The standard InChI is InChI=1S/C31H29Cl2N5O3/c1-18-15-24-27(17-37(18)29(40)22-11-14-25(32)26(33)16-22)36-31(35-19(2)20-7-5-4-6-8-20)38(30(24)41)23-12-9-21(10-13-23)28(39)34-3/h4-14,16,18-19H,15,17H2,1-3H3,(H,34,39)(H,35,36)/t18-,19+/m1/s1. The van der Waals surface area contributed by atoms with Gasteiger partial charge >= 0.3 is 0 Å². The molecule has 2 atom stereocenters. The molecule has 0 saturated carbocycles. The molecule has 0 radical (unpaired) electrons. The van der Waals surface area contributed by atoms with Gasteiger partial charge in [-0.3, -0.25) is 14.4 Å². The summed E-state index contributed by atoms with van der Waals surface area (Å²) < 4.78 is 1.54. The first kappa shape index (κ1) is 28.4. The number of hydrogen-bond acceptors (Lipinski definition) is 5. The smallest absolute Gasteiger partial charge is 0.263 e. The molecule has 0 unspecified atom stereocenters. The van der Waals surface area contributed by atoms with Crippen molar-refractivity contribution in [3.63, 3.8) is 0 Å². The van der Waals surface area contributed by atoms with Gasteiger partial charge in [0.05, 0.1) is 34.0 Å². The Balaban J connectivity index is 1.57. The maximum Gasteiger partial charge on any atom is 0.263 e. The topological polar surface area (TPSA) is 96.3 Å². The number of benzene rings is 3. The van der Waals surface area contributed by atoms with Crippen molar-refractivity contribution in [2.45, 2.75) is 38.9 Å². The number of rotatable bonds is 6. The van der Waals surface area contributed by atoms with Crippen LogP contribution < -0.4 is 16.2 Å². The molecule has 0 bridgehead atoms. The van der Waals surface area contributed by atoms with E-state index in [9.17, 15) is 14.4 Å². The van der Waals surface area contributed by atoms with Crippen LogP contribution in [0.3, 0.4) is 0 Å². The van der Waals surface area contributed by atoms with Crippen molar-refractivity contribution in [2.75, 3.05) is 12.4 Å². The van der Waals surface area contributed by atoms with Crippen molar-refractivity contribution < 1.29 is 9.59 Å². The number of aromatic nitrogens is 2. The van der Waals surface area contributed by atoms with Gasteiger partial charge in [-0.05, 0) is 68.3 Å². The Kier molecular flexibility index (Phi) is 8.15. The minimum absolute atomic E-state index is 0.162. The first-order chi connectivity index (χ1) is 19.7. The zero-order valence-corrected chi connectivity index (χ0v) is 24.3. The van der Waals surface area contributed by atoms with Crippen molar-refractivity contribution in [1.82, 2.24) is 19.8 Å². The molecular weight excluding hydrogens is 561 g/mol. The Morgan fingerprint density at radius 3 is 2.32 bits per heavy atom. The highest BCUT2D eigenvalue weighted by molar-refractivity contribution is 6.42. The summed E-state index contributed by atoms with van der Waals surface area (Å²) in [6.45, 7) is 4.06. The highest BCUT2D eigenvalue weighted by Crippen LogP contribution is 2.28. The number of carbonyl (C=O) groups is 2.